The summed E-state index contributed by atoms with van der Waals surface area (Å²) in [5, 5.41) is 3.23. The van der Waals surface area contributed by atoms with Gasteiger partial charge in [-0.3, -0.25) is 9.59 Å². The summed E-state index contributed by atoms with van der Waals surface area (Å²) in [7, 11) is 3.94. The second-order valence-corrected chi connectivity index (χ2v) is 8.49. The van der Waals surface area contributed by atoms with E-state index in [4.69, 9.17) is 4.74 Å². The van der Waals surface area contributed by atoms with Crippen LogP contribution in [-0.4, -0.2) is 32.5 Å². The largest absolute Gasteiger partial charge is 0.494 e. The Labute approximate surface area is 200 Å². The molecule has 0 bridgehead atoms. The molecule has 0 aliphatic carbocycles. The van der Waals surface area contributed by atoms with Gasteiger partial charge in [-0.05, 0) is 73.9 Å². The molecule has 0 fully saturated rings. The molecular formula is C28H29N3O3. The molecular weight excluding hydrogens is 426 g/mol. The molecule has 0 spiro atoms. The summed E-state index contributed by atoms with van der Waals surface area (Å²) in [4.78, 5) is 30.5. The van der Waals surface area contributed by atoms with E-state index >= 15 is 0 Å². The van der Waals surface area contributed by atoms with Crippen LogP contribution in [-0.2, 0) is 9.59 Å². The average molecular weight is 456 g/mol. The molecule has 0 unspecified atom stereocenters. The molecule has 34 heavy (non-hydrogen) atoms. The number of hydrogen-bond donors (Lipinski definition) is 1. The quantitative estimate of drug-likeness (QED) is 0.499. The van der Waals surface area contributed by atoms with Gasteiger partial charge in [0.15, 0.2) is 0 Å². The van der Waals surface area contributed by atoms with Crippen LogP contribution in [0.15, 0.2) is 72.4 Å². The van der Waals surface area contributed by atoms with E-state index in [2.05, 4.69) is 5.32 Å². The van der Waals surface area contributed by atoms with E-state index in [1.807, 2.05) is 82.2 Å². The lowest BCUT2D eigenvalue weighted by Gasteiger charge is -2.17. The van der Waals surface area contributed by atoms with Crippen LogP contribution in [0, 0.1) is 13.8 Å². The highest BCUT2D eigenvalue weighted by Gasteiger charge is 2.40. The lowest BCUT2D eigenvalue weighted by atomic mass is 9.99. The first-order valence-electron chi connectivity index (χ1n) is 11.3. The van der Waals surface area contributed by atoms with Crippen molar-refractivity contribution in [2.24, 2.45) is 0 Å². The van der Waals surface area contributed by atoms with Gasteiger partial charge in [0.2, 0.25) is 0 Å². The van der Waals surface area contributed by atoms with Crippen molar-refractivity contribution in [2.75, 3.05) is 35.8 Å². The molecule has 174 valence electrons. The zero-order valence-electron chi connectivity index (χ0n) is 20.2. The van der Waals surface area contributed by atoms with Crippen molar-refractivity contribution in [1.29, 1.82) is 0 Å². The van der Waals surface area contributed by atoms with Gasteiger partial charge in [0.05, 0.1) is 17.9 Å². The fourth-order valence-electron chi connectivity index (χ4n) is 3.91. The molecule has 6 nitrogen and oxygen atoms in total. The van der Waals surface area contributed by atoms with E-state index in [0.717, 1.165) is 22.5 Å². The number of hydrogen-bond acceptors (Lipinski definition) is 5. The van der Waals surface area contributed by atoms with Crippen molar-refractivity contribution in [2.45, 2.75) is 20.8 Å². The van der Waals surface area contributed by atoms with Crippen molar-refractivity contribution < 1.29 is 14.3 Å². The summed E-state index contributed by atoms with van der Waals surface area (Å²) in [5.74, 6) is -0.160. The number of carbonyl (C=O) groups excluding carboxylic acids is 2. The molecule has 4 rings (SSSR count). The SMILES string of the molecule is CCOc1cccc(N2C(=O)C(Nc3ccc(N(C)C)cc3)=C(c3ccc(C)c(C)c3)C2=O)c1. The van der Waals surface area contributed by atoms with Crippen molar-refractivity contribution >= 4 is 34.4 Å². The van der Waals surface area contributed by atoms with Gasteiger partial charge in [0, 0.05) is 31.5 Å². The summed E-state index contributed by atoms with van der Waals surface area (Å²) in [5.41, 5.74) is 5.73. The predicted molar refractivity (Wildman–Crippen MR) is 137 cm³/mol. The molecule has 0 aromatic heterocycles. The van der Waals surface area contributed by atoms with E-state index in [1.54, 1.807) is 24.3 Å². The number of imide groups is 1. The van der Waals surface area contributed by atoms with Crippen molar-refractivity contribution in [3.63, 3.8) is 0 Å². The van der Waals surface area contributed by atoms with Crippen LogP contribution in [0.1, 0.15) is 23.6 Å². The molecule has 1 N–H and O–H groups in total. The van der Waals surface area contributed by atoms with E-state index in [0.29, 0.717) is 29.2 Å². The third kappa shape index (κ3) is 4.39. The average Bonchev–Trinajstić information content (AvgIpc) is 3.05. The first kappa shape index (κ1) is 23.1. The Hall–Kier alpha value is -4.06. The zero-order chi connectivity index (χ0) is 24.4. The smallest absolute Gasteiger partial charge is 0.282 e. The Morgan fingerprint density at radius 3 is 2.26 bits per heavy atom. The highest BCUT2D eigenvalue weighted by atomic mass is 16.5. The normalized spacial score (nSPS) is 13.5. The Balaban J connectivity index is 1.79. The zero-order valence-corrected chi connectivity index (χ0v) is 20.2. The second kappa shape index (κ2) is 9.43. The number of ether oxygens (including phenoxy) is 1. The third-order valence-electron chi connectivity index (χ3n) is 5.92. The van der Waals surface area contributed by atoms with Crippen LogP contribution in [0.4, 0.5) is 17.1 Å². The Kier molecular flexibility index (Phi) is 6.41. The van der Waals surface area contributed by atoms with Gasteiger partial charge in [-0.1, -0.05) is 24.3 Å². The highest BCUT2D eigenvalue weighted by molar-refractivity contribution is 6.46. The number of benzene rings is 3. The number of rotatable bonds is 7. The number of nitrogens with one attached hydrogen (secondary N) is 1. The van der Waals surface area contributed by atoms with Gasteiger partial charge in [0.1, 0.15) is 11.4 Å². The van der Waals surface area contributed by atoms with Crippen LogP contribution in [0.25, 0.3) is 5.57 Å². The van der Waals surface area contributed by atoms with Gasteiger partial charge >= 0.3 is 0 Å². The maximum absolute atomic E-state index is 13.7. The molecule has 1 heterocycles. The highest BCUT2D eigenvalue weighted by Crippen LogP contribution is 2.35. The minimum absolute atomic E-state index is 0.257. The topological polar surface area (TPSA) is 61.9 Å². The first-order chi connectivity index (χ1) is 16.3. The lowest BCUT2D eigenvalue weighted by Crippen LogP contribution is -2.32. The molecule has 0 radical (unpaired) electrons. The molecule has 2 amide bonds. The summed E-state index contributed by atoms with van der Waals surface area (Å²) in [6.45, 7) is 6.40. The molecule has 0 atom stereocenters. The van der Waals surface area contributed by atoms with Crippen molar-refractivity contribution in [3.8, 4) is 5.75 Å². The van der Waals surface area contributed by atoms with Crippen LogP contribution in [0.2, 0.25) is 0 Å². The molecule has 1 aliphatic heterocycles. The lowest BCUT2D eigenvalue weighted by molar-refractivity contribution is -0.120. The van der Waals surface area contributed by atoms with Crippen molar-refractivity contribution in [1.82, 2.24) is 0 Å². The summed E-state index contributed by atoms with van der Waals surface area (Å²) < 4.78 is 5.59. The summed E-state index contributed by atoms with van der Waals surface area (Å²) in [6.07, 6.45) is 0. The maximum Gasteiger partial charge on any atom is 0.282 e. The standard InChI is InChI=1S/C28H29N3O3/c1-6-34-24-9-7-8-23(17-24)31-27(32)25(20-11-10-18(2)19(3)16-20)26(28(31)33)29-21-12-14-22(15-13-21)30(4)5/h7-17,29H,6H2,1-5H3. The van der Waals surface area contributed by atoms with E-state index in [-0.39, 0.29) is 11.6 Å². The van der Waals surface area contributed by atoms with Gasteiger partial charge in [-0.2, -0.15) is 0 Å². The van der Waals surface area contributed by atoms with E-state index in [1.165, 1.54) is 4.90 Å². The van der Waals surface area contributed by atoms with Crippen LogP contribution in [0.3, 0.4) is 0 Å². The molecule has 3 aromatic carbocycles. The number of aryl methyl sites for hydroxylation is 2. The third-order valence-corrected chi connectivity index (χ3v) is 5.92. The molecule has 1 aliphatic rings. The fraction of sp³-hybridized carbons (Fsp3) is 0.214. The molecule has 0 saturated carbocycles. The van der Waals surface area contributed by atoms with Gasteiger partial charge in [0.25, 0.3) is 11.8 Å². The second-order valence-electron chi connectivity index (χ2n) is 8.49. The Morgan fingerprint density at radius 1 is 0.882 bits per heavy atom. The van der Waals surface area contributed by atoms with Gasteiger partial charge < -0.3 is 15.0 Å². The number of amides is 2. The minimum atomic E-state index is -0.399. The van der Waals surface area contributed by atoms with Gasteiger partial charge in [-0.25, -0.2) is 4.90 Å². The van der Waals surface area contributed by atoms with Gasteiger partial charge in [-0.15, -0.1) is 0 Å². The molecule has 6 heteroatoms. The van der Waals surface area contributed by atoms with Crippen LogP contribution < -0.4 is 19.9 Å². The first-order valence-corrected chi connectivity index (χ1v) is 11.3. The summed E-state index contributed by atoms with van der Waals surface area (Å²) >= 11 is 0. The monoisotopic (exact) mass is 455 g/mol. The number of anilines is 3. The van der Waals surface area contributed by atoms with E-state index < -0.39 is 5.91 Å². The number of nitrogens with zero attached hydrogens (tertiary/aromatic N) is 2. The molecule has 0 saturated heterocycles. The predicted octanol–water partition coefficient (Wildman–Crippen LogP) is 5.16. The minimum Gasteiger partial charge on any atom is -0.494 e. The number of carbonyl (C=O) groups is 2. The fourth-order valence-corrected chi connectivity index (χ4v) is 3.91. The molecule has 3 aromatic rings. The van der Waals surface area contributed by atoms with Crippen LogP contribution in [0.5, 0.6) is 5.75 Å². The Morgan fingerprint density at radius 2 is 1.62 bits per heavy atom. The van der Waals surface area contributed by atoms with E-state index in [9.17, 15) is 9.59 Å². The van der Waals surface area contributed by atoms with Crippen molar-refractivity contribution in [3.05, 3.63) is 89.1 Å². The summed E-state index contributed by atoms with van der Waals surface area (Å²) in [6, 6.07) is 20.6. The Bertz CT molecular complexity index is 1280. The van der Waals surface area contributed by atoms with Crippen LogP contribution >= 0.6 is 0 Å². The maximum atomic E-state index is 13.7.